The van der Waals surface area contributed by atoms with E-state index in [1.807, 2.05) is 36.6 Å². The topological polar surface area (TPSA) is 98.7 Å². The van der Waals surface area contributed by atoms with Gasteiger partial charge >= 0.3 is 0 Å². The molecule has 1 unspecified atom stereocenters. The lowest BCUT2D eigenvalue weighted by molar-refractivity contribution is 0.157. The van der Waals surface area contributed by atoms with Crippen LogP contribution < -0.4 is 25.5 Å². The van der Waals surface area contributed by atoms with E-state index in [9.17, 15) is 13.6 Å². The van der Waals surface area contributed by atoms with E-state index < -0.39 is 11.6 Å². The highest BCUT2D eigenvalue weighted by Gasteiger charge is 2.32. The number of nitrogens with two attached hydrogens (primary N) is 1. The van der Waals surface area contributed by atoms with Gasteiger partial charge in [0.25, 0.3) is 0 Å². The zero-order valence-corrected chi connectivity index (χ0v) is 23.9. The maximum absolute atomic E-state index is 14.7. The van der Waals surface area contributed by atoms with Crippen LogP contribution in [-0.2, 0) is 13.1 Å². The molecule has 2 atom stereocenters. The Balaban J connectivity index is 1.43. The lowest BCUT2D eigenvalue weighted by Crippen LogP contribution is -2.48. The average molecular weight is 577 g/mol. The van der Waals surface area contributed by atoms with E-state index in [0.717, 1.165) is 48.9 Å². The first-order chi connectivity index (χ1) is 20.2. The number of hydrogen-bond acceptors (Lipinski definition) is 8. The molecule has 0 radical (unpaired) electrons. The van der Waals surface area contributed by atoms with Crippen LogP contribution in [-0.4, -0.2) is 52.3 Å². The Bertz CT molecular complexity index is 1690. The Labute approximate surface area is 242 Å². The van der Waals surface area contributed by atoms with E-state index in [-0.39, 0.29) is 35.3 Å². The fourth-order valence-electron chi connectivity index (χ4n) is 6.28. The van der Waals surface area contributed by atoms with Crippen LogP contribution in [0.3, 0.4) is 0 Å². The molecule has 0 amide bonds. The normalized spacial score (nSPS) is 18.4. The van der Waals surface area contributed by atoms with Crippen LogP contribution in [0.5, 0.6) is 11.6 Å². The summed E-state index contributed by atoms with van der Waals surface area (Å²) in [4.78, 5) is 27.1. The van der Waals surface area contributed by atoms with Crippen LogP contribution in [0.15, 0.2) is 47.5 Å². The third kappa shape index (κ3) is 5.02. The number of nitrogens with zero attached hydrogens (tertiary/aromatic N) is 5. The van der Waals surface area contributed by atoms with Gasteiger partial charge in [-0.1, -0.05) is 0 Å². The summed E-state index contributed by atoms with van der Waals surface area (Å²) < 4.78 is 42.3. The van der Waals surface area contributed by atoms with E-state index in [1.165, 1.54) is 0 Å². The first-order valence-electron chi connectivity index (χ1n) is 14.1. The minimum atomic E-state index is -1.09. The number of methoxy groups -OCH3 is 1. The molecule has 1 saturated heterocycles. The van der Waals surface area contributed by atoms with Crippen LogP contribution in [0.25, 0.3) is 10.9 Å². The van der Waals surface area contributed by atoms with E-state index in [2.05, 4.69) is 19.8 Å². The number of piperidine rings is 1. The second kappa shape index (κ2) is 11.2. The number of benzene rings is 1. The van der Waals surface area contributed by atoms with Crippen LogP contribution in [0, 0.1) is 18.6 Å². The van der Waals surface area contributed by atoms with Gasteiger partial charge in [-0.2, -0.15) is 4.39 Å². The molecule has 9 nitrogen and oxygen atoms in total. The number of rotatable bonds is 7. The van der Waals surface area contributed by atoms with E-state index in [1.54, 1.807) is 25.6 Å². The Kier molecular flexibility index (Phi) is 7.44. The summed E-state index contributed by atoms with van der Waals surface area (Å²) in [5, 5.41) is 0.125. The molecular weight excluding hydrogens is 542 g/mol. The largest absolute Gasteiger partial charge is 0.486 e. The summed E-state index contributed by atoms with van der Waals surface area (Å²) in [5.74, 6) is -1.38. The SMILES string of the molecule is COc1cc(CN(Cc2c(C)n3c4c(c(F)c(F)cc4c2=O)OCC3C)[C@H]2CCCN(c3ccc(N)nc3)C2)ccn1. The summed E-state index contributed by atoms with van der Waals surface area (Å²) in [6, 6.07) is 8.54. The van der Waals surface area contributed by atoms with Crippen molar-refractivity contribution in [1.82, 2.24) is 19.4 Å². The first kappa shape index (κ1) is 27.9. The predicted octanol–water partition coefficient (Wildman–Crippen LogP) is 4.59. The van der Waals surface area contributed by atoms with Crippen molar-refractivity contribution in [3.8, 4) is 11.6 Å². The Hall–Kier alpha value is -4.25. The molecule has 0 bridgehead atoms. The summed E-state index contributed by atoms with van der Waals surface area (Å²) in [6.07, 6.45) is 5.38. The zero-order valence-electron chi connectivity index (χ0n) is 23.9. The lowest BCUT2D eigenvalue weighted by atomic mass is 9.99. The average Bonchev–Trinajstić information content (AvgIpc) is 3.00. The number of aromatic nitrogens is 3. The summed E-state index contributed by atoms with van der Waals surface area (Å²) in [7, 11) is 1.58. The van der Waals surface area contributed by atoms with Crippen molar-refractivity contribution >= 4 is 22.4 Å². The fraction of sp³-hybridized carbons (Fsp3) is 0.387. The molecule has 3 aromatic heterocycles. The third-order valence-electron chi connectivity index (χ3n) is 8.42. The molecular formula is C31H34F2N6O3. The van der Waals surface area contributed by atoms with Gasteiger partial charge in [0.1, 0.15) is 12.4 Å². The molecule has 42 heavy (non-hydrogen) atoms. The van der Waals surface area contributed by atoms with Gasteiger partial charge < -0.3 is 24.7 Å². The van der Waals surface area contributed by atoms with Gasteiger partial charge in [0.15, 0.2) is 17.0 Å². The Morgan fingerprint density at radius 2 is 2.02 bits per heavy atom. The second-order valence-corrected chi connectivity index (χ2v) is 11.1. The number of nitrogen functional groups attached to an aromatic ring is 1. The van der Waals surface area contributed by atoms with Gasteiger partial charge in [0.05, 0.1) is 35.9 Å². The lowest BCUT2D eigenvalue weighted by Gasteiger charge is -2.41. The van der Waals surface area contributed by atoms with Crippen molar-refractivity contribution in [3.63, 3.8) is 0 Å². The molecule has 1 fully saturated rings. The minimum Gasteiger partial charge on any atom is -0.486 e. The molecule has 4 aromatic rings. The van der Waals surface area contributed by atoms with Gasteiger partial charge in [-0.3, -0.25) is 9.69 Å². The summed E-state index contributed by atoms with van der Waals surface area (Å²) in [6.45, 7) is 6.48. The molecule has 2 N–H and O–H groups in total. The van der Waals surface area contributed by atoms with Crippen molar-refractivity contribution in [2.45, 2.75) is 51.9 Å². The van der Waals surface area contributed by atoms with Crippen LogP contribution >= 0.6 is 0 Å². The van der Waals surface area contributed by atoms with Crippen molar-refractivity contribution in [3.05, 3.63) is 81.4 Å². The summed E-state index contributed by atoms with van der Waals surface area (Å²) in [5.41, 5.74) is 9.08. The van der Waals surface area contributed by atoms with Gasteiger partial charge in [0.2, 0.25) is 11.7 Å². The molecule has 11 heteroatoms. The fourth-order valence-corrected chi connectivity index (χ4v) is 6.28. The number of hydrogen-bond donors (Lipinski definition) is 1. The van der Waals surface area contributed by atoms with Gasteiger partial charge in [-0.05, 0) is 56.5 Å². The van der Waals surface area contributed by atoms with E-state index >= 15 is 0 Å². The highest BCUT2D eigenvalue weighted by molar-refractivity contribution is 5.87. The minimum absolute atomic E-state index is 0.0904. The van der Waals surface area contributed by atoms with E-state index in [4.69, 9.17) is 15.2 Å². The van der Waals surface area contributed by atoms with Crippen LogP contribution in [0.1, 0.15) is 42.6 Å². The standard InChI is InChI=1S/C31H34F2N6O3/c1-18-17-42-31-28(33)25(32)12-23-29(31)39(18)19(2)24(30(23)40)16-38(14-20-8-9-35-27(11-20)41-3)22-5-4-10-37(15-22)21-6-7-26(34)36-13-21/h6-9,11-13,18,22H,4-5,10,14-17H2,1-3H3,(H2,34,36)/t18?,22-/m0/s1. The quantitative estimate of drug-likeness (QED) is 0.341. The molecule has 1 aromatic carbocycles. The molecule has 2 aliphatic heterocycles. The molecule has 5 heterocycles. The molecule has 220 valence electrons. The molecule has 0 aliphatic carbocycles. The Morgan fingerprint density at radius 3 is 2.79 bits per heavy atom. The number of ether oxygens (including phenoxy) is 2. The first-order valence-corrected chi connectivity index (χ1v) is 14.1. The maximum atomic E-state index is 14.7. The maximum Gasteiger partial charge on any atom is 0.213 e. The van der Waals surface area contributed by atoms with E-state index in [0.29, 0.717) is 35.9 Å². The third-order valence-corrected chi connectivity index (χ3v) is 8.42. The number of anilines is 2. The highest BCUT2D eigenvalue weighted by atomic mass is 19.2. The van der Waals surface area contributed by atoms with Crippen molar-refractivity contribution in [1.29, 1.82) is 0 Å². The number of pyridine rings is 3. The summed E-state index contributed by atoms with van der Waals surface area (Å²) >= 11 is 0. The second-order valence-electron chi connectivity index (χ2n) is 11.1. The van der Waals surface area contributed by atoms with Crippen molar-refractivity contribution < 1.29 is 18.3 Å². The number of halogens is 2. The van der Waals surface area contributed by atoms with Crippen LogP contribution in [0.2, 0.25) is 0 Å². The molecule has 6 rings (SSSR count). The predicted molar refractivity (Wildman–Crippen MR) is 157 cm³/mol. The van der Waals surface area contributed by atoms with Gasteiger partial charge in [-0.15, -0.1) is 0 Å². The monoisotopic (exact) mass is 576 g/mol. The van der Waals surface area contributed by atoms with Gasteiger partial charge in [0, 0.05) is 55.7 Å². The van der Waals surface area contributed by atoms with Crippen LogP contribution in [0.4, 0.5) is 20.3 Å². The molecule has 0 saturated carbocycles. The van der Waals surface area contributed by atoms with Crippen molar-refractivity contribution in [2.24, 2.45) is 0 Å². The van der Waals surface area contributed by atoms with Gasteiger partial charge in [-0.25, -0.2) is 14.4 Å². The molecule has 0 spiro atoms. The zero-order chi connectivity index (χ0) is 29.5. The smallest absolute Gasteiger partial charge is 0.213 e. The Morgan fingerprint density at radius 1 is 1.19 bits per heavy atom. The highest BCUT2D eigenvalue weighted by Crippen LogP contribution is 2.37. The molecule has 2 aliphatic rings. The van der Waals surface area contributed by atoms with Crippen molar-refractivity contribution in [2.75, 3.05) is 37.4 Å².